The van der Waals surface area contributed by atoms with Crippen molar-refractivity contribution in [2.45, 2.75) is 0 Å². The summed E-state index contributed by atoms with van der Waals surface area (Å²) in [5, 5.41) is 4.67. The summed E-state index contributed by atoms with van der Waals surface area (Å²) in [6, 6.07) is 73.2. The Morgan fingerprint density at radius 3 is 1.64 bits per heavy atom. The van der Waals surface area contributed by atoms with Crippen molar-refractivity contribution >= 4 is 43.7 Å². The minimum Gasteiger partial charge on any atom is -0.455 e. The molecule has 3 heterocycles. The van der Waals surface area contributed by atoms with Crippen LogP contribution in [0.2, 0.25) is 0 Å². The van der Waals surface area contributed by atoms with Crippen molar-refractivity contribution in [3.05, 3.63) is 206 Å². The van der Waals surface area contributed by atoms with Gasteiger partial charge in [0.25, 0.3) is 0 Å². The van der Waals surface area contributed by atoms with E-state index in [1.807, 2.05) is 24.3 Å². The van der Waals surface area contributed by atoms with Gasteiger partial charge in [-0.1, -0.05) is 164 Å². The van der Waals surface area contributed by atoms with Crippen LogP contribution < -0.4 is 0 Å². The van der Waals surface area contributed by atoms with Crippen LogP contribution in [0.5, 0.6) is 0 Å². The summed E-state index contributed by atoms with van der Waals surface area (Å²) in [7, 11) is 0. The Morgan fingerprint density at radius 2 is 0.893 bits per heavy atom. The molecular weight excluding hydrogens is 681 g/mol. The van der Waals surface area contributed by atoms with Crippen molar-refractivity contribution in [3.63, 3.8) is 0 Å². The molecule has 0 unspecified atom stereocenters. The molecule has 11 rings (SSSR count). The standard InChI is InChI=1S/C53H34N2O/c1-3-16-35(17-4-1)47-33-38(34-48(54-47)36-18-5-2-6-19-36)40-21-8-7-20-39(40)37-30-31-51-46(32-37)42-23-10-13-28-50(42)55(51)49-27-12-9-22-41(49)44-25-15-26-45-43-24-11-14-29-52(43)56-53(44)45/h1-34H. The predicted octanol–water partition coefficient (Wildman–Crippen LogP) is 14.4. The predicted molar refractivity (Wildman–Crippen MR) is 233 cm³/mol. The van der Waals surface area contributed by atoms with Gasteiger partial charge in [-0.15, -0.1) is 0 Å². The number of pyridine rings is 1. The van der Waals surface area contributed by atoms with Gasteiger partial charge < -0.3 is 8.98 Å². The molecule has 0 fully saturated rings. The second-order valence-electron chi connectivity index (χ2n) is 14.3. The summed E-state index contributed by atoms with van der Waals surface area (Å²) in [5.74, 6) is 0. The molecule has 56 heavy (non-hydrogen) atoms. The lowest BCUT2D eigenvalue weighted by molar-refractivity contribution is 0.670. The van der Waals surface area contributed by atoms with E-state index < -0.39 is 0 Å². The van der Waals surface area contributed by atoms with Crippen LogP contribution in [0, 0.1) is 0 Å². The fourth-order valence-corrected chi connectivity index (χ4v) is 8.44. The van der Waals surface area contributed by atoms with Gasteiger partial charge in [0.15, 0.2) is 0 Å². The average Bonchev–Trinajstić information content (AvgIpc) is 3.82. The van der Waals surface area contributed by atoms with Gasteiger partial charge in [0.1, 0.15) is 11.2 Å². The van der Waals surface area contributed by atoms with E-state index in [1.54, 1.807) is 0 Å². The Kier molecular flexibility index (Phi) is 7.49. The van der Waals surface area contributed by atoms with Crippen LogP contribution in [0.15, 0.2) is 211 Å². The Balaban J connectivity index is 1.10. The third kappa shape index (κ3) is 5.25. The molecule has 0 N–H and O–H groups in total. The normalized spacial score (nSPS) is 11.6. The van der Waals surface area contributed by atoms with E-state index in [1.165, 1.54) is 16.3 Å². The Hall–Kier alpha value is -7.49. The first-order valence-corrected chi connectivity index (χ1v) is 19.0. The fourth-order valence-electron chi connectivity index (χ4n) is 8.44. The van der Waals surface area contributed by atoms with Crippen molar-refractivity contribution in [1.29, 1.82) is 0 Å². The molecule has 0 saturated heterocycles. The van der Waals surface area contributed by atoms with Crippen LogP contribution in [0.4, 0.5) is 0 Å². The number of benzene rings is 8. The van der Waals surface area contributed by atoms with Gasteiger partial charge in [-0.3, -0.25) is 0 Å². The summed E-state index contributed by atoms with van der Waals surface area (Å²) in [6.07, 6.45) is 0. The van der Waals surface area contributed by atoms with E-state index >= 15 is 0 Å². The van der Waals surface area contributed by atoms with Crippen LogP contribution >= 0.6 is 0 Å². The molecular formula is C53H34N2O. The van der Waals surface area contributed by atoms with Gasteiger partial charge in [-0.25, -0.2) is 4.98 Å². The number of aromatic nitrogens is 2. The highest BCUT2D eigenvalue weighted by Crippen LogP contribution is 2.43. The number of rotatable bonds is 6. The number of fused-ring (bicyclic) bond motifs is 6. The van der Waals surface area contributed by atoms with Crippen LogP contribution in [0.3, 0.4) is 0 Å². The quantitative estimate of drug-likeness (QED) is 0.172. The van der Waals surface area contributed by atoms with Gasteiger partial charge in [-0.2, -0.15) is 0 Å². The van der Waals surface area contributed by atoms with Crippen molar-refractivity contribution in [1.82, 2.24) is 9.55 Å². The third-order valence-corrected chi connectivity index (χ3v) is 11.0. The summed E-state index contributed by atoms with van der Waals surface area (Å²) in [4.78, 5) is 5.16. The maximum Gasteiger partial charge on any atom is 0.143 e. The third-order valence-electron chi connectivity index (χ3n) is 11.0. The van der Waals surface area contributed by atoms with E-state index in [0.29, 0.717) is 0 Å². The molecule has 0 aliphatic carbocycles. The van der Waals surface area contributed by atoms with Crippen LogP contribution in [0.25, 0.3) is 105 Å². The van der Waals surface area contributed by atoms with Gasteiger partial charge in [0.2, 0.25) is 0 Å². The molecule has 11 aromatic rings. The topological polar surface area (TPSA) is 31.0 Å². The van der Waals surface area contributed by atoms with E-state index in [0.717, 1.165) is 89.0 Å². The van der Waals surface area contributed by atoms with Gasteiger partial charge in [0, 0.05) is 43.8 Å². The molecule has 0 atom stereocenters. The van der Waals surface area contributed by atoms with Crippen LogP contribution in [-0.2, 0) is 0 Å². The van der Waals surface area contributed by atoms with E-state index in [4.69, 9.17) is 9.40 Å². The number of para-hydroxylation sites is 4. The highest BCUT2D eigenvalue weighted by atomic mass is 16.3. The molecule has 3 aromatic heterocycles. The molecule has 0 aliphatic heterocycles. The van der Waals surface area contributed by atoms with E-state index in [-0.39, 0.29) is 0 Å². The lowest BCUT2D eigenvalue weighted by Crippen LogP contribution is -1.97. The Labute approximate surface area is 324 Å². The van der Waals surface area contributed by atoms with Crippen molar-refractivity contribution < 1.29 is 4.42 Å². The molecule has 0 amide bonds. The maximum atomic E-state index is 6.55. The Bertz CT molecular complexity index is 3190. The second kappa shape index (κ2) is 13.1. The molecule has 8 aromatic carbocycles. The zero-order valence-electron chi connectivity index (χ0n) is 30.4. The first kappa shape index (κ1) is 32.0. The highest BCUT2D eigenvalue weighted by Gasteiger charge is 2.20. The smallest absolute Gasteiger partial charge is 0.143 e. The lowest BCUT2D eigenvalue weighted by Gasteiger charge is -2.15. The average molecular weight is 715 g/mol. The summed E-state index contributed by atoms with van der Waals surface area (Å²) < 4.78 is 8.96. The molecule has 0 spiro atoms. The highest BCUT2D eigenvalue weighted by molar-refractivity contribution is 6.13. The molecule has 262 valence electrons. The SMILES string of the molecule is c1ccc(-c2cc(-c3ccccc3-c3ccc4c(c3)c3ccccc3n4-c3ccccc3-c3cccc4c3oc3ccccc34)cc(-c3ccccc3)n2)cc1. The Morgan fingerprint density at radius 1 is 0.339 bits per heavy atom. The number of furan rings is 1. The molecule has 3 heteroatoms. The monoisotopic (exact) mass is 714 g/mol. The van der Waals surface area contributed by atoms with Gasteiger partial charge >= 0.3 is 0 Å². The largest absolute Gasteiger partial charge is 0.455 e. The lowest BCUT2D eigenvalue weighted by atomic mass is 9.92. The molecule has 0 radical (unpaired) electrons. The molecule has 0 saturated carbocycles. The fraction of sp³-hybridized carbons (Fsp3) is 0. The van der Waals surface area contributed by atoms with Crippen LogP contribution in [-0.4, -0.2) is 9.55 Å². The number of hydrogen-bond acceptors (Lipinski definition) is 2. The van der Waals surface area contributed by atoms with Crippen LogP contribution in [0.1, 0.15) is 0 Å². The first-order valence-electron chi connectivity index (χ1n) is 19.0. The van der Waals surface area contributed by atoms with Crippen molar-refractivity contribution in [3.8, 4) is 61.6 Å². The van der Waals surface area contributed by atoms with Crippen molar-refractivity contribution in [2.75, 3.05) is 0 Å². The zero-order valence-corrected chi connectivity index (χ0v) is 30.4. The van der Waals surface area contributed by atoms with Gasteiger partial charge in [-0.05, 0) is 64.7 Å². The molecule has 0 aliphatic rings. The van der Waals surface area contributed by atoms with E-state index in [9.17, 15) is 0 Å². The summed E-state index contributed by atoms with van der Waals surface area (Å²) >= 11 is 0. The van der Waals surface area contributed by atoms with E-state index in [2.05, 4.69) is 187 Å². The number of hydrogen-bond donors (Lipinski definition) is 0. The summed E-state index contributed by atoms with van der Waals surface area (Å²) in [5.41, 5.74) is 16.1. The first-order chi connectivity index (χ1) is 27.8. The molecule has 0 bridgehead atoms. The maximum absolute atomic E-state index is 6.55. The minimum absolute atomic E-state index is 0.899. The van der Waals surface area contributed by atoms with Gasteiger partial charge in [0.05, 0.1) is 28.1 Å². The van der Waals surface area contributed by atoms with Crippen molar-refractivity contribution in [2.24, 2.45) is 0 Å². The zero-order chi connectivity index (χ0) is 37.0. The second-order valence-corrected chi connectivity index (χ2v) is 14.3. The molecule has 3 nitrogen and oxygen atoms in total. The number of nitrogens with zero attached hydrogens (tertiary/aromatic N) is 2. The summed E-state index contributed by atoms with van der Waals surface area (Å²) in [6.45, 7) is 0. The minimum atomic E-state index is 0.899.